The largest absolute Gasteiger partial charge is 0.314 e. The summed E-state index contributed by atoms with van der Waals surface area (Å²) in [5, 5.41) is 3.35. The Balaban J connectivity index is 1.83. The van der Waals surface area contributed by atoms with E-state index in [9.17, 15) is 16.8 Å². The summed E-state index contributed by atoms with van der Waals surface area (Å²) in [6, 6.07) is 0.297. The van der Waals surface area contributed by atoms with E-state index in [1.54, 1.807) is 0 Å². The zero-order valence-electron chi connectivity index (χ0n) is 12.5. The fourth-order valence-electron chi connectivity index (χ4n) is 2.87. The second-order valence-corrected chi connectivity index (χ2v) is 9.88. The van der Waals surface area contributed by atoms with Crippen LogP contribution in [0.3, 0.4) is 0 Å². The van der Waals surface area contributed by atoms with E-state index >= 15 is 0 Å². The van der Waals surface area contributed by atoms with E-state index < -0.39 is 20.0 Å². The Labute approximate surface area is 127 Å². The van der Waals surface area contributed by atoms with Crippen molar-refractivity contribution in [3.8, 4) is 0 Å². The topological polar surface area (TPSA) is 86.8 Å². The lowest BCUT2D eigenvalue weighted by Crippen LogP contribution is -2.51. The number of rotatable bonds is 5. The lowest BCUT2D eigenvalue weighted by atomic mass is 10.0. The Hall–Kier alpha value is -0.220. The molecule has 0 aliphatic carbocycles. The van der Waals surface area contributed by atoms with Crippen molar-refractivity contribution in [2.45, 2.75) is 31.7 Å². The first-order chi connectivity index (χ1) is 9.79. The van der Waals surface area contributed by atoms with Crippen molar-refractivity contribution >= 4 is 20.0 Å². The monoisotopic (exact) mass is 339 g/mol. The molecule has 0 aromatic heterocycles. The first-order valence-electron chi connectivity index (χ1n) is 7.45. The smallest absolute Gasteiger partial charge is 0.214 e. The van der Waals surface area contributed by atoms with Gasteiger partial charge < -0.3 is 5.32 Å². The lowest BCUT2D eigenvalue weighted by Gasteiger charge is -2.33. The highest BCUT2D eigenvalue weighted by Gasteiger charge is 2.30. The van der Waals surface area contributed by atoms with Gasteiger partial charge in [-0.3, -0.25) is 0 Å². The quantitative estimate of drug-likeness (QED) is 0.724. The minimum absolute atomic E-state index is 0.142. The van der Waals surface area contributed by atoms with Crippen LogP contribution in [0.25, 0.3) is 0 Å². The Bertz CT molecular complexity index is 533. The third kappa shape index (κ3) is 4.88. The van der Waals surface area contributed by atoms with Crippen LogP contribution in [0.2, 0.25) is 0 Å². The molecular formula is C12H25N3O4S2. The van der Waals surface area contributed by atoms with Crippen molar-refractivity contribution in [3.63, 3.8) is 0 Å². The summed E-state index contributed by atoms with van der Waals surface area (Å²) in [6.45, 7) is 1.98. The van der Waals surface area contributed by atoms with Crippen LogP contribution >= 0.6 is 0 Å². The standard InChI is InChI=1S/C12H25N3O4S2/c1-20(16,17)14-7-9-15(10-8-14)21(18,19)11-5-12-4-2-3-6-13-12/h12-13H,2-11H2,1H3. The number of nitrogens with one attached hydrogen (secondary N) is 1. The molecule has 2 aliphatic heterocycles. The Morgan fingerprint density at radius 3 is 2.14 bits per heavy atom. The predicted molar refractivity (Wildman–Crippen MR) is 82.0 cm³/mol. The summed E-state index contributed by atoms with van der Waals surface area (Å²) < 4.78 is 50.2. The van der Waals surface area contributed by atoms with Crippen LogP contribution in [0.1, 0.15) is 25.7 Å². The van der Waals surface area contributed by atoms with E-state index in [2.05, 4.69) is 5.32 Å². The van der Waals surface area contributed by atoms with E-state index in [4.69, 9.17) is 0 Å². The third-order valence-corrected chi connectivity index (χ3v) is 7.40. The van der Waals surface area contributed by atoms with Crippen LogP contribution < -0.4 is 5.32 Å². The zero-order valence-corrected chi connectivity index (χ0v) is 14.1. The maximum Gasteiger partial charge on any atom is 0.214 e. The predicted octanol–water partition coefficient (Wildman–Crippen LogP) is -0.574. The number of piperazine rings is 1. The number of hydrogen-bond acceptors (Lipinski definition) is 5. The number of sulfonamides is 2. The molecule has 21 heavy (non-hydrogen) atoms. The minimum Gasteiger partial charge on any atom is -0.314 e. The van der Waals surface area contributed by atoms with Crippen LogP contribution in [-0.2, 0) is 20.0 Å². The van der Waals surface area contributed by atoms with Crippen molar-refractivity contribution in [2.24, 2.45) is 0 Å². The average molecular weight is 339 g/mol. The van der Waals surface area contributed by atoms with Crippen molar-refractivity contribution < 1.29 is 16.8 Å². The summed E-state index contributed by atoms with van der Waals surface area (Å²) in [4.78, 5) is 0. The first kappa shape index (κ1) is 17.1. The van der Waals surface area contributed by atoms with E-state index in [1.807, 2.05) is 0 Å². The van der Waals surface area contributed by atoms with Crippen LogP contribution in [0, 0.1) is 0 Å². The van der Waals surface area contributed by atoms with Crippen molar-refractivity contribution in [3.05, 3.63) is 0 Å². The third-order valence-electron chi connectivity index (χ3n) is 4.20. The van der Waals surface area contributed by atoms with E-state index in [1.165, 1.54) is 8.61 Å². The maximum atomic E-state index is 12.3. The molecule has 0 saturated carbocycles. The van der Waals surface area contributed by atoms with Gasteiger partial charge in [0.1, 0.15) is 0 Å². The van der Waals surface area contributed by atoms with Gasteiger partial charge in [0.25, 0.3) is 0 Å². The highest BCUT2D eigenvalue weighted by Crippen LogP contribution is 2.15. The summed E-state index contributed by atoms with van der Waals surface area (Å²) >= 11 is 0. The molecule has 2 heterocycles. The van der Waals surface area contributed by atoms with Gasteiger partial charge in [-0.2, -0.15) is 8.61 Å². The summed E-state index contributed by atoms with van der Waals surface area (Å²) in [7, 11) is -6.50. The molecule has 1 N–H and O–H groups in total. The minimum atomic E-state index is -3.28. The first-order valence-corrected chi connectivity index (χ1v) is 10.9. The fraction of sp³-hybridized carbons (Fsp3) is 1.00. The molecule has 2 rings (SSSR count). The molecule has 0 aromatic rings. The van der Waals surface area contributed by atoms with Gasteiger partial charge in [-0.1, -0.05) is 6.42 Å². The molecule has 0 spiro atoms. The van der Waals surface area contributed by atoms with Crippen LogP contribution in [0.5, 0.6) is 0 Å². The SMILES string of the molecule is CS(=O)(=O)N1CCN(S(=O)(=O)CCC2CCCCN2)CC1. The van der Waals surface area contributed by atoms with Crippen LogP contribution in [0.15, 0.2) is 0 Å². The molecular weight excluding hydrogens is 314 g/mol. The highest BCUT2D eigenvalue weighted by molar-refractivity contribution is 7.89. The van der Waals surface area contributed by atoms with Gasteiger partial charge in [0.15, 0.2) is 0 Å². The van der Waals surface area contributed by atoms with E-state index in [-0.39, 0.29) is 31.9 Å². The molecule has 0 amide bonds. The molecule has 1 unspecified atom stereocenters. The maximum absolute atomic E-state index is 12.3. The molecule has 0 bridgehead atoms. The molecule has 2 saturated heterocycles. The molecule has 7 nitrogen and oxygen atoms in total. The van der Waals surface area contributed by atoms with Gasteiger partial charge >= 0.3 is 0 Å². The van der Waals surface area contributed by atoms with Crippen LogP contribution in [0.4, 0.5) is 0 Å². The van der Waals surface area contributed by atoms with Gasteiger partial charge in [-0.05, 0) is 25.8 Å². The highest BCUT2D eigenvalue weighted by atomic mass is 32.2. The second kappa shape index (κ2) is 6.91. The Morgan fingerprint density at radius 2 is 1.62 bits per heavy atom. The Kier molecular flexibility index (Phi) is 5.64. The Morgan fingerprint density at radius 1 is 1.00 bits per heavy atom. The molecule has 124 valence electrons. The normalized spacial score (nSPS) is 26.8. The molecule has 2 fully saturated rings. The van der Waals surface area contributed by atoms with Gasteiger partial charge in [0.2, 0.25) is 20.0 Å². The molecule has 9 heteroatoms. The van der Waals surface area contributed by atoms with Gasteiger partial charge in [-0.25, -0.2) is 16.8 Å². The number of hydrogen-bond donors (Lipinski definition) is 1. The van der Waals surface area contributed by atoms with Gasteiger partial charge in [-0.15, -0.1) is 0 Å². The summed E-state index contributed by atoms with van der Waals surface area (Å²) in [5.74, 6) is 0.142. The molecule has 0 radical (unpaired) electrons. The molecule has 2 aliphatic rings. The number of nitrogens with zero attached hydrogens (tertiary/aromatic N) is 2. The fourth-order valence-corrected chi connectivity index (χ4v) is 5.26. The van der Waals surface area contributed by atoms with Crippen molar-refractivity contribution in [1.29, 1.82) is 0 Å². The van der Waals surface area contributed by atoms with Crippen molar-refractivity contribution in [1.82, 2.24) is 13.9 Å². The van der Waals surface area contributed by atoms with E-state index in [0.29, 0.717) is 12.5 Å². The van der Waals surface area contributed by atoms with E-state index in [0.717, 1.165) is 32.1 Å². The van der Waals surface area contributed by atoms with Gasteiger partial charge in [0.05, 0.1) is 12.0 Å². The number of piperidine rings is 1. The van der Waals surface area contributed by atoms with Crippen molar-refractivity contribution in [2.75, 3.05) is 44.7 Å². The zero-order chi connectivity index (χ0) is 15.5. The molecule has 0 aromatic carbocycles. The second-order valence-electron chi connectivity index (χ2n) is 5.81. The van der Waals surface area contributed by atoms with Gasteiger partial charge in [0, 0.05) is 32.2 Å². The lowest BCUT2D eigenvalue weighted by molar-refractivity contribution is 0.273. The average Bonchev–Trinajstić information content (AvgIpc) is 2.46. The molecule has 1 atom stereocenters. The summed E-state index contributed by atoms with van der Waals surface area (Å²) in [6.07, 6.45) is 5.15. The van der Waals surface area contributed by atoms with Crippen LogP contribution in [-0.4, -0.2) is 76.2 Å². The summed E-state index contributed by atoms with van der Waals surface area (Å²) in [5.41, 5.74) is 0.